The van der Waals surface area contributed by atoms with Gasteiger partial charge in [0.15, 0.2) is 10.9 Å². The Hall–Kier alpha value is -0.0700. The Morgan fingerprint density at radius 1 is 1.53 bits per heavy atom. The van der Waals surface area contributed by atoms with Gasteiger partial charge in [-0.3, -0.25) is 4.79 Å². The lowest BCUT2D eigenvalue weighted by Gasteiger charge is -2.06. The predicted octanol–water partition coefficient (Wildman–Crippen LogP) is 3.10. The SMILES string of the molecule is CC(=O)SC(C)C1=CC(=C(Br)Br)OC1=O. The quantitative estimate of drug-likeness (QED) is 0.714. The molecule has 15 heavy (non-hydrogen) atoms. The van der Waals surface area contributed by atoms with Gasteiger partial charge < -0.3 is 4.74 Å². The van der Waals surface area contributed by atoms with Gasteiger partial charge in [0.25, 0.3) is 0 Å². The van der Waals surface area contributed by atoms with Crippen molar-refractivity contribution in [3.63, 3.8) is 0 Å². The lowest BCUT2D eigenvalue weighted by Crippen LogP contribution is -2.10. The van der Waals surface area contributed by atoms with E-state index >= 15 is 0 Å². The van der Waals surface area contributed by atoms with Crippen molar-refractivity contribution in [1.29, 1.82) is 0 Å². The number of thioether (sulfide) groups is 1. The van der Waals surface area contributed by atoms with Crippen LogP contribution in [-0.4, -0.2) is 16.3 Å². The molecule has 0 N–H and O–H groups in total. The van der Waals surface area contributed by atoms with Crippen molar-refractivity contribution in [3.05, 3.63) is 20.8 Å². The number of hydrogen-bond donors (Lipinski definition) is 0. The molecule has 3 nitrogen and oxygen atoms in total. The summed E-state index contributed by atoms with van der Waals surface area (Å²) in [5.41, 5.74) is 0.501. The highest BCUT2D eigenvalue weighted by atomic mass is 79.9. The summed E-state index contributed by atoms with van der Waals surface area (Å²) in [5, 5.41) is -0.210. The largest absolute Gasteiger partial charge is 0.421 e. The highest BCUT2D eigenvalue weighted by Gasteiger charge is 2.28. The maximum atomic E-state index is 11.4. The van der Waals surface area contributed by atoms with E-state index in [4.69, 9.17) is 4.74 Å². The Morgan fingerprint density at radius 2 is 2.13 bits per heavy atom. The van der Waals surface area contributed by atoms with Crippen LogP contribution >= 0.6 is 43.6 Å². The van der Waals surface area contributed by atoms with Crippen LogP contribution in [0.4, 0.5) is 0 Å². The third-order valence-corrected chi connectivity index (χ3v) is 3.41. The van der Waals surface area contributed by atoms with Gasteiger partial charge in [-0.1, -0.05) is 11.8 Å². The lowest BCUT2D eigenvalue weighted by molar-refractivity contribution is -0.133. The van der Waals surface area contributed by atoms with Crippen molar-refractivity contribution >= 4 is 54.7 Å². The first-order valence-corrected chi connectivity index (χ1v) is 6.54. The fourth-order valence-electron chi connectivity index (χ4n) is 1.08. The Kier molecular flexibility index (Phi) is 4.61. The Morgan fingerprint density at radius 3 is 2.53 bits per heavy atom. The molecule has 0 aromatic rings. The second-order valence-electron chi connectivity index (χ2n) is 2.87. The summed E-state index contributed by atoms with van der Waals surface area (Å²) in [6.07, 6.45) is 1.63. The summed E-state index contributed by atoms with van der Waals surface area (Å²) < 4.78 is 5.55. The maximum absolute atomic E-state index is 11.4. The fourth-order valence-corrected chi connectivity index (χ4v) is 2.26. The summed E-state index contributed by atoms with van der Waals surface area (Å²) in [6.45, 7) is 3.27. The van der Waals surface area contributed by atoms with Crippen LogP contribution in [0.25, 0.3) is 0 Å². The van der Waals surface area contributed by atoms with Crippen molar-refractivity contribution in [2.75, 3.05) is 0 Å². The van der Waals surface area contributed by atoms with Gasteiger partial charge in [0.2, 0.25) is 0 Å². The van der Waals surface area contributed by atoms with E-state index in [0.717, 1.165) is 11.8 Å². The average Bonchev–Trinajstić information content (AvgIpc) is 2.46. The molecular weight excluding hydrogens is 348 g/mol. The number of esters is 1. The van der Waals surface area contributed by atoms with Crippen molar-refractivity contribution in [1.82, 2.24) is 0 Å². The molecule has 0 fully saturated rings. The number of halogens is 2. The minimum atomic E-state index is -0.400. The zero-order chi connectivity index (χ0) is 11.6. The molecule has 0 aromatic carbocycles. The molecule has 1 unspecified atom stereocenters. The van der Waals surface area contributed by atoms with E-state index in [-0.39, 0.29) is 10.4 Å². The highest BCUT2D eigenvalue weighted by molar-refractivity contribution is 9.28. The number of carbonyl (C=O) groups excluding carboxylic acids is 2. The van der Waals surface area contributed by atoms with Crippen molar-refractivity contribution in [2.45, 2.75) is 19.1 Å². The maximum Gasteiger partial charge on any atom is 0.340 e. The molecule has 1 aliphatic rings. The molecule has 0 aliphatic carbocycles. The number of rotatable bonds is 2. The number of carbonyl (C=O) groups is 2. The van der Waals surface area contributed by atoms with E-state index in [1.165, 1.54) is 6.92 Å². The molecule has 0 saturated heterocycles. The molecular formula is C9H8Br2O3S. The minimum absolute atomic E-state index is 0.0217. The van der Waals surface area contributed by atoms with E-state index in [9.17, 15) is 9.59 Å². The molecule has 0 radical (unpaired) electrons. The topological polar surface area (TPSA) is 43.4 Å². The van der Waals surface area contributed by atoms with Crippen molar-refractivity contribution in [3.8, 4) is 0 Å². The fraction of sp³-hybridized carbons (Fsp3) is 0.333. The molecule has 0 spiro atoms. The second-order valence-corrected chi connectivity index (χ2v) is 7.03. The zero-order valence-corrected chi connectivity index (χ0v) is 12.0. The molecule has 0 aromatic heterocycles. The number of hydrogen-bond acceptors (Lipinski definition) is 4. The molecule has 1 atom stereocenters. The summed E-state index contributed by atoms with van der Waals surface area (Å²) in [6, 6.07) is 0. The normalized spacial score (nSPS) is 17.2. The van der Waals surface area contributed by atoms with Gasteiger partial charge >= 0.3 is 5.97 Å². The molecule has 0 amide bonds. The van der Waals surface area contributed by atoms with Crippen LogP contribution in [0.5, 0.6) is 0 Å². The van der Waals surface area contributed by atoms with E-state index < -0.39 is 5.97 Å². The van der Waals surface area contributed by atoms with Gasteiger partial charge in [0.1, 0.15) is 3.39 Å². The molecule has 1 heterocycles. The van der Waals surface area contributed by atoms with Gasteiger partial charge in [0, 0.05) is 12.2 Å². The van der Waals surface area contributed by atoms with Crippen LogP contribution < -0.4 is 0 Å². The van der Waals surface area contributed by atoms with Gasteiger partial charge in [-0.25, -0.2) is 4.79 Å². The number of ether oxygens (including phenoxy) is 1. The standard InChI is InChI=1S/C9H8Br2O3S/c1-4(15-5(2)12)6-3-7(8(10)11)14-9(6)13/h3-4H,1-2H3. The smallest absolute Gasteiger partial charge is 0.340 e. The van der Waals surface area contributed by atoms with Crippen LogP contribution in [0, 0.1) is 0 Å². The molecule has 0 saturated carbocycles. The molecule has 82 valence electrons. The monoisotopic (exact) mass is 354 g/mol. The van der Waals surface area contributed by atoms with Crippen LogP contribution in [0.1, 0.15) is 13.8 Å². The first kappa shape index (κ1) is 13.0. The summed E-state index contributed by atoms with van der Waals surface area (Å²) in [7, 11) is 0. The van der Waals surface area contributed by atoms with Crippen LogP contribution in [-0.2, 0) is 14.3 Å². The van der Waals surface area contributed by atoms with E-state index in [1.54, 1.807) is 13.0 Å². The third-order valence-electron chi connectivity index (χ3n) is 1.69. The van der Waals surface area contributed by atoms with Gasteiger partial charge in [-0.05, 0) is 44.9 Å². The Bertz CT molecular complexity index is 370. The highest BCUT2D eigenvalue weighted by Crippen LogP contribution is 2.32. The summed E-state index contributed by atoms with van der Waals surface area (Å²) in [5.74, 6) is 0.0358. The molecule has 0 bridgehead atoms. The summed E-state index contributed by atoms with van der Waals surface area (Å²) in [4.78, 5) is 22.3. The van der Waals surface area contributed by atoms with Gasteiger partial charge in [0.05, 0.1) is 5.57 Å². The average molecular weight is 356 g/mol. The molecule has 6 heteroatoms. The third kappa shape index (κ3) is 3.46. The predicted molar refractivity (Wildman–Crippen MR) is 66.8 cm³/mol. The van der Waals surface area contributed by atoms with E-state index in [0.29, 0.717) is 14.7 Å². The Labute approximate surface area is 109 Å². The van der Waals surface area contributed by atoms with Crippen LogP contribution in [0.15, 0.2) is 20.8 Å². The first-order valence-electron chi connectivity index (χ1n) is 4.08. The van der Waals surface area contributed by atoms with E-state index in [1.807, 2.05) is 0 Å². The second kappa shape index (κ2) is 5.32. The first-order chi connectivity index (χ1) is 6.91. The number of allylic oxidation sites excluding steroid dienone is 1. The minimum Gasteiger partial charge on any atom is -0.421 e. The van der Waals surface area contributed by atoms with Gasteiger partial charge in [-0.15, -0.1) is 0 Å². The van der Waals surface area contributed by atoms with Crippen LogP contribution in [0.3, 0.4) is 0 Å². The molecule has 1 rings (SSSR count). The Balaban J connectivity index is 2.87. The zero-order valence-electron chi connectivity index (χ0n) is 8.04. The van der Waals surface area contributed by atoms with Crippen molar-refractivity contribution < 1.29 is 14.3 Å². The van der Waals surface area contributed by atoms with Crippen molar-refractivity contribution in [2.24, 2.45) is 0 Å². The summed E-state index contributed by atoms with van der Waals surface area (Å²) >= 11 is 7.42. The lowest BCUT2D eigenvalue weighted by atomic mass is 10.2. The molecule has 1 aliphatic heterocycles. The number of cyclic esters (lactones) is 1. The van der Waals surface area contributed by atoms with Gasteiger partial charge in [-0.2, -0.15) is 0 Å². The van der Waals surface area contributed by atoms with Crippen LogP contribution in [0.2, 0.25) is 0 Å². The van der Waals surface area contributed by atoms with E-state index in [2.05, 4.69) is 31.9 Å².